The third-order valence-electron chi connectivity index (χ3n) is 4.50. The number of carbonyl (C=O) groups is 1. The maximum absolute atomic E-state index is 12.1. The molecule has 3 N–H and O–H groups in total. The number of nitrogen functional groups attached to an aromatic ring is 1. The van der Waals surface area contributed by atoms with Gasteiger partial charge in [-0.15, -0.1) is 11.3 Å². The van der Waals surface area contributed by atoms with Crippen molar-refractivity contribution in [1.29, 1.82) is 5.26 Å². The lowest BCUT2D eigenvalue weighted by Crippen LogP contribution is -2.25. The molecule has 20 heavy (non-hydrogen) atoms. The molecule has 1 amide bonds. The number of hydrogen-bond donors (Lipinski definition) is 2. The minimum Gasteiger partial charge on any atom is -0.396 e. The number of nitrogens with zero attached hydrogens (tertiary/aromatic N) is 2. The summed E-state index contributed by atoms with van der Waals surface area (Å²) in [5.41, 5.74) is 6.78. The SMILES string of the molecule is CNC(=O)c1c(N2CC3CCCC3C2)sc(C#N)c1N. The van der Waals surface area contributed by atoms with Gasteiger partial charge in [-0.25, -0.2) is 0 Å². The summed E-state index contributed by atoms with van der Waals surface area (Å²) in [6, 6.07) is 2.10. The molecule has 0 bridgehead atoms. The molecule has 2 atom stereocenters. The lowest BCUT2D eigenvalue weighted by molar-refractivity contribution is 0.0965. The Morgan fingerprint density at radius 1 is 1.45 bits per heavy atom. The Morgan fingerprint density at radius 3 is 2.65 bits per heavy atom. The molecule has 1 saturated heterocycles. The molecule has 0 radical (unpaired) electrons. The van der Waals surface area contributed by atoms with Gasteiger partial charge < -0.3 is 16.0 Å². The summed E-state index contributed by atoms with van der Waals surface area (Å²) in [6.07, 6.45) is 3.88. The van der Waals surface area contributed by atoms with E-state index in [0.29, 0.717) is 16.1 Å². The fourth-order valence-corrected chi connectivity index (χ4v) is 4.52. The van der Waals surface area contributed by atoms with Crippen LogP contribution in [-0.2, 0) is 0 Å². The number of hydrogen-bond acceptors (Lipinski definition) is 5. The van der Waals surface area contributed by atoms with Gasteiger partial charge in [0.2, 0.25) is 0 Å². The number of carbonyl (C=O) groups excluding carboxylic acids is 1. The fourth-order valence-electron chi connectivity index (χ4n) is 3.48. The van der Waals surface area contributed by atoms with Crippen LogP contribution in [0, 0.1) is 23.2 Å². The van der Waals surface area contributed by atoms with Gasteiger partial charge in [-0.2, -0.15) is 5.26 Å². The van der Waals surface area contributed by atoms with Gasteiger partial charge in [0.05, 0.1) is 11.3 Å². The van der Waals surface area contributed by atoms with Gasteiger partial charge in [-0.1, -0.05) is 6.42 Å². The highest BCUT2D eigenvalue weighted by Crippen LogP contribution is 2.44. The molecule has 2 unspecified atom stereocenters. The van der Waals surface area contributed by atoms with Crippen molar-refractivity contribution in [3.8, 4) is 6.07 Å². The highest BCUT2D eigenvalue weighted by Gasteiger charge is 2.38. The van der Waals surface area contributed by atoms with E-state index in [1.807, 2.05) is 0 Å². The number of nitriles is 1. The minimum absolute atomic E-state index is 0.202. The third kappa shape index (κ3) is 1.93. The van der Waals surface area contributed by atoms with Gasteiger partial charge in [-0.05, 0) is 24.7 Å². The zero-order chi connectivity index (χ0) is 14.3. The van der Waals surface area contributed by atoms with E-state index in [0.717, 1.165) is 29.9 Å². The quantitative estimate of drug-likeness (QED) is 0.870. The molecule has 1 saturated carbocycles. The molecule has 3 rings (SSSR count). The van der Waals surface area contributed by atoms with Crippen molar-refractivity contribution in [3.05, 3.63) is 10.4 Å². The second-order valence-electron chi connectivity index (χ2n) is 5.57. The Hall–Kier alpha value is -1.74. The van der Waals surface area contributed by atoms with Crippen molar-refractivity contribution in [3.63, 3.8) is 0 Å². The Morgan fingerprint density at radius 2 is 2.10 bits per heavy atom. The predicted octanol–water partition coefficient (Wildman–Crippen LogP) is 1.80. The number of thiophene rings is 1. The van der Waals surface area contributed by atoms with Gasteiger partial charge >= 0.3 is 0 Å². The highest BCUT2D eigenvalue weighted by atomic mass is 32.1. The van der Waals surface area contributed by atoms with Gasteiger partial charge in [0, 0.05) is 20.1 Å². The smallest absolute Gasteiger partial charge is 0.256 e. The van der Waals surface area contributed by atoms with Crippen molar-refractivity contribution >= 4 is 27.9 Å². The van der Waals surface area contributed by atoms with E-state index in [2.05, 4.69) is 16.3 Å². The molecule has 2 heterocycles. The van der Waals surface area contributed by atoms with Crippen LogP contribution in [0.15, 0.2) is 0 Å². The van der Waals surface area contributed by atoms with Gasteiger partial charge in [0.25, 0.3) is 5.91 Å². The standard InChI is InChI=1S/C14H18N4OS/c1-17-13(19)11-12(16)10(5-15)20-14(11)18-6-8-3-2-4-9(8)7-18/h8-9H,2-4,6-7,16H2,1H3,(H,17,19). The number of amides is 1. The monoisotopic (exact) mass is 290 g/mol. The molecule has 1 aliphatic heterocycles. The van der Waals surface area contributed by atoms with Crippen LogP contribution < -0.4 is 16.0 Å². The summed E-state index contributed by atoms with van der Waals surface area (Å²) in [5.74, 6) is 1.27. The molecule has 2 fully saturated rings. The van der Waals surface area contributed by atoms with Crippen LogP contribution in [0.5, 0.6) is 0 Å². The molecule has 1 aliphatic carbocycles. The van der Waals surface area contributed by atoms with Gasteiger partial charge in [-0.3, -0.25) is 4.79 Å². The van der Waals surface area contributed by atoms with E-state index in [4.69, 9.17) is 11.0 Å². The zero-order valence-electron chi connectivity index (χ0n) is 11.5. The van der Waals surface area contributed by atoms with Gasteiger partial charge in [0.15, 0.2) is 0 Å². The zero-order valence-corrected chi connectivity index (χ0v) is 12.3. The Labute approximate surface area is 122 Å². The summed E-state index contributed by atoms with van der Waals surface area (Å²) in [4.78, 5) is 14.8. The van der Waals surface area contributed by atoms with E-state index in [-0.39, 0.29) is 5.91 Å². The van der Waals surface area contributed by atoms with Crippen molar-refractivity contribution in [2.45, 2.75) is 19.3 Å². The normalized spacial score (nSPS) is 24.5. The second kappa shape index (κ2) is 4.98. The topological polar surface area (TPSA) is 82.2 Å². The molecule has 1 aromatic rings. The predicted molar refractivity (Wildman–Crippen MR) is 79.9 cm³/mol. The minimum atomic E-state index is -0.202. The van der Waals surface area contributed by atoms with Crippen LogP contribution in [0.4, 0.5) is 10.7 Å². The van der Waals surface area contributed by atoms with Crippen LogP contribution in [-0.4, -0.2) is 26.0 Å². The van der Waals surface area contributed by atoms with Crippen LogP contribution in [0.25, 0.3) is 0 Å². The Balaban J connectivity index is 1.97. The lowest BCUT2D eigenvalue weighted by atomic mass is 10.0. The lowest BCUT2D eigenvalue weighted by Gasteiger charge is -2.19. The number of fused-ring (bicyclic) bond motifs is 1. The summed E-state index contributed by atoms with van der Waals surface area (Å²) in [6.45, 7) is 1.97. The van der Waals surface area contributed by atoms with Crippen molar-refractivity contribution in [2.24, 2.45) is 11.8 Å². The first kappa shape index (κ1) is 13.3. The van der Waals surface area contributed by atoms with E-state index in [1.165, 1.54) is 30.6 Å². The molecule has 2 aliphatic rings. The number of rotatable bonds is 2. The summed E-state index contributed by atoms with van der Waals surface area (Å²) in [7, 11) is 1.59. The second-order valence-corrected chi connectivity index (χ2v) is 6.57. The van der Waals surface area contributed by atoms with Gasteiger partial charge in [0.1, 0.15) is 15.9 Å². The van der Waals surface area contributed by atoms with Crippen molar-refractivity contribution in [2.75, 3.05) is 30.8 Å². The van der Waals surface area contributed by atoms with Crippen molar-refractivity contribution < 1.29 is 4.79 Å². The maximum atomic E-state index is 12.1. The van der Waals surface area contributed by atoms with Crippen LogP contribution in [0.1, 0.15) is 34.5 Å². The first-order chi connectivity index (χ1) is 9.65. The van der Waals surface area contributed by atoms with Crippen LogP contribution in [0.3, 0.4) is 0 Å². The first-order valence-electron chi connectivity index (χ1n) is 6.95. The molecular weight excluding hydrogens is 272 g/mol. The fraction of sp³-hybridized carbons (Fsp3) is 0.571. The van der Waals surface area contributed by atoms with E-state index >= 15 is 0 Å². The molecular formula is C14H18N4OS. The summed E-state index contributed by atoms with van der Waals surface area (Å²) >= 11 is 1.34. The summed E-state index contributed by atoms with van der Waals surface area (Å²) in [5, 5.41) is 12.6. The Kier molecular flexibility index (Phi) is 3.30. The Bertz CT molecular complexity index is 577. The molecule has 6 heteroatoms. The third-order valence-corrected chi connectivity index (χ3v) is 5.67. The van der Waals surface area contributed by atoms with E-state index < -0.39 is 0 Å². The molecule has 0 spiro atoms. The maximum Gasteiger partial charge on any atom is 0.256 e. The molecule has 0 aromatic carbocycles. The molecule has 1 aromatic heterocycles. The highest BCUT2D eigenvalue weighted by molar-refractivity contribution is 7.17. The first-order valence-corrected chi connectivity index (χ1v) is 7.76. The van der Waals surface area contributed by atoms with E-state index in [1.54, 1.807) is 7.05 Å². The van der Waals surface area contributed by atoms with Crippen LogP contribution in [0.2, 0.25) is 0 Å². The largest absolute Gasteiger partial charge is 0.396 e. The summed E-state index contributed by atoms with van der Waals surface area (Å²) < 4.78 is 0. The average Bonchev–Trinajstić information content (AvgIpc) is 3.09. The number of anilines is 2. The van der Waals surface area contributed by atoms with E-state index in [9.17, 15) is 4.79 Å². The number of nitrogens with one attached hydrogen (secondary N) is 1. The van der Waals surface area contributed by atoms with Crippen molar-refractivity contribution in [1.82, 2.24) is 5.32 Å². The average molecular weight is 290 g/mol. The van der Waals surface area contributed by atoms with Crippen LogP contribution >= 0.6 is 11.3 Å². The number of nitrogens with two attached hydrogens (primary N) is 1. The molecule has 106 valence electrons. The molecule has 5 nitrogen and oxygen atoms in total.